The van der Waals surface area contributed by atoms with Crippen molar-refractivity contribution in [2.24, 2.45) is 0 Å². The summed E-state index contributed by atoms with van der Waals surface area (Å²) in [7, 11) is 0. The second-order valence-corrected chi connectivity index (χ2v) is 7.36. The van der Waals surface area contributed by atoms with E-state index >= 15 is 0 Å². The van der Waals surface area contributed by atoms with Crippen LogP contribution in [0, 0.1) is 10.1 Å². The fraction of sp³-hybridized carbons (Fsp3) is 0.350. The number of hydrogen-bond acceptors (Lipinski definition) is 5. The molecule has 1 heterocycles. The fourth-order valence-corrected chi connectivity index (χ4v) is 2.56. The standard InChI is InChI=1S/C20H21NO5/c1-20(2,3)14-6-4-13(5-7-14)19(22)17-10-15(21(23)24)8-9-18(17)26-12-16-11-25-16/h4-10,16H,11-12H2,1-3H3. The Morgan fingerprint density at radius 3 is 2.42 bits per heavy atom. The Morgan fingerprint density at radius 2 is 1.88 bits per heavy atom. The quantitative estimate of drug-likeness (QED) is 0.340. The third-order valence-electron chi connectivity index (χ3n) is 4.26. The number of nitrogens with zero attached hydrogens (tertiary/aromatic N) is 1. The molecule has 0 spiro atoms. The van der Waals surface area contributed by atoms with Crippen LogP contribution in [-0.4, -0.2) is 30.0 Å². The molecule has 136 valence electrons. The van der Waals surface area contributed by atoms with E-state index in [1.165, 1.54) is 18.2 Å². The SMILES string of the molecule is CC(C)(C)c1ccc(C(=O)c2cc([N+](=O)[O-])ccc2OCC2CO2)cc1. The smallest absolute Gasteiger partial charge is 0.270 e. The molecule has 3 rings (SSSR count). The van der Waals surface area contributed by atoms with E-state index in [0.29, 0.717) is 24.5 Å². The molecule has 2 aromatic carbocycles. The van der Waals surface area contributed by atoms with Crippen molar-refractivity contribution in [3.05, 3.63) is 69.3 Å². The van der Waals surface area contributed by atoms with Crippen LogP contribution in [0.2, 0.25) is 0 Å². The molecule has 1 aliphatic rings. The van der Waals surface area contributed by atoms with Gasteiger partial charge in [0.25, 0.3) is 5.69 Å². The summed E-state index contributed by atoms with van der Waals surface area (Å²) in [6.07, 6.45) is 0.0270. The maximum Gasteiger partial charge on any atom is 0.270 e. The van der Waals surface area contributed by atoms with Gasteiger partial charge in [0.1, 0.15) is 18.5 Å². The first kappa shape index (κ1) is 18.1. The third-order valence-corrected chi connectivity index (χ3v) is 4.26. The van der Waals surface area contributed by atoms with E-state index in [9.17, 15) is 14.9 Å². The molecule has 0 saturated carbocycles. The van der Waals surface area contributed by atoms with Gasteiger partial charge in [0.15, 0.2) is 5.78 Å². The van der Waals surface area contributed by atoms with E-state index in [1.807, 2.05) is 12.1 Å². The van der Waals surface area contributed by atoms with Gasteiger partial charge in [0, 0.05) is 17.7 Å². The number of nitro benzene ring substituents is 1. The number of carbonyl (C=O) groups is 1. The highest BCUT2D eigenvalue weighted by molar-refractivity contribution is 6.11. The molecule has 6 nitrogen and oxygen atoms in total. The summed E-state index contributed by atoms with van der Waals surface area (Å²) in [6, 6.07) is 11.4. The summed E-state index contributed by atoms with van der Waals surface area (Å²) in [6.45, 7) is 7.23. The number of rotatable bonds is 6. The minimum Gasteiger partial charge on any atom is -0.490 e. The second kappa shape index (κ2) is 6.88. The number of ether oxygens (including phenoxy) is 2. The van der Waals surface area contributed by atoms with Crippen molar-refractivity contribution in [1.82, 2.24) is 0 Å². The normalized spacial score (nSPS) is 16.2. The second-order valence-electron chi connectivity index (χ2n) is 7.36. The number of non-ortho nitro benzene ring substituents is 1. The van der Waals surface area contributed by atoms with E-state index in [2.05, 4.69) is 20.8 Å². The Balaban J connectivity index is 1.92. The van der Waals surface area contributed by atoms with E-state index in [4.69, 9.17) is 9.47 Å². The highest BCUT2D eigenvalue weighted by Gasteiger charge is 2.25. The Bertz CT molecular complexity index is 832. The molecule has 0 aliphatic carbocycles. The number of hydrogen-bond donors (Lipinski definition) is 0. The summed E-state index contributed by atoms with van der Waals surface area (Å²) in [4.78, 5) is 23.5. The van der Waals surface area contributed by atoms with Crippen LogP contribution in [0.5, 0.6) is 5.75 Å². The molecule has 0 N–H and O–H groups in total. The predicted molar refractivity (Wildman–Crippen MR) is 96.9 cm³/mol. The minimum atomic E-state index is -0.521. The molecular weight excluding hydrogens is 334 g/mol. The highest BCUT2D eigenvalue weighted by Crippen LogP contribution is 2.29. The van der Waals surface area contributed by atoms with E-state index in [1.54, 1.807) is 12.1 Å². The van der Waals surface area contributed by atoms with Gasteiger partial charge in [-0.15, -0.1) is 0 Å². The molecule has 0 aromatic heterocycles. The minimum absolute atomic E-state index is 0.0222. The fourth-order valence-electron chi connectivity index (χ4n) is 2.56. The summed E-state index contributed by atoms with van der Waals surface area (Å²) in [5, 5.41) is 11.1. The molecular formula is C20H21NO5. The van der Waals surface area contributed by atoms with Crippen LogP contribution in [0.1, 0.15) is 42.3 Å². The summed E-state index contributed by atoms with van der Waals surface area (Å²) >= 11 is 0. The molecule has 1 unspecified atom stereocenters. The maximum atomic E-state index is 12.9. The lowest BCUT2D eigenvalue weighted by Gasteiger charge is -2.19. The summed E-state index contributed by atoms with van der Waals surface area (Å²) < 4.78 is 10.8. The van der Waals surface area contributed by atoms with Gasteiger partial charge in [-0.1, -0.05) is 45.0 Å². The number of epoxide rings is 1. The lowest BCUT2D eigenvalue weighted by molar-refractivity contribution is -0.384. The van der Waals surface area contributed by atoms with Gasteiger partial charge >= 0.3 is 0 Å². The first-order chi connectivity index (χ1) is 12.3. The van der Waals surface area contributed by atoms with E-state index in [-0.39, 0.29) is 28.6 Å². The zero-order valence-corrected chi connectivity index (χ0v) is 15.0. The molecule has 0 bridgehead atoms. The van der Waals surface area contributed by atoms with Gasteiger partial charge in [-0.3, -0.25) is 14.9 Å². The van der Waals surface area contributed by atoms with Crippen molar-refractivity contribution in [2.45, 2.75) is 32.3 Å². The average Bonchev–Trinajstić information content (AvgIpc) is 3.43. The van der Waals surface area contributed by atoms with Crippen LogP contribution < -0.4 is 4.74 Å². The van der Waals surface area contributed by atoms with Crippen molar-refractivity contribution in [1.29, 1.82) is 0 Å². The van der Waals surface area contributed by atoms with Gasteiger partial charge in [-0.2, -0.15) is 0 Å². The predicted octanol–water partition coefficient (Wildman–Crippen LogP) is 3.90. The average molecular weight is 355 g/mol. The zero-order chi connectivity index (χ0) is 18.9. The van der Waals surface area contributed by atoms with Crippen LogP contribution in [0.4, 0.5) is 5.69 Å². The van der Waals surface area contributed by atoms with Gasteiger partial charge in [0.05, 0.1) is 17.1 Å². The maximum absolute atomic E-state index is 12.9. The first-order valence-electron chi connectivity index (χ1n) is 8.44. The summed E-state index contributed by atoms with van der Waals surface area (Å²) in [5.41, 5.74) is 1.59. The highest BCUT2D eigenvalue weighted by atomic mass is 16.6. The topological polar surface area (TPSA) is 82.0 Å². The van der Waals surface area contributed by atoms with E-state index in [0.717, 1.165) is 5.56 Å². The van der Waals surface area contributed by atoms with Crippen molar-refractivity contribution < 1.29 is 19.2 Å². The van der Waals surface area contributed by atoms with Crippen molar-refractivity contribution in [2.75, 3.05) is 13.2 Å². The lowest BCUT2D eigenvalue weighted by Crippen LogP contribution is -2.12. The van der Waals surface area contributed by atoms with Crippen LogP contribution in [0.15, 0.2) is 42.5 Å². The summed E-state index contributed by atoms with van der Waals surface area (Å²) in [5.74, 6) is 0.0249. The Kier molecular flexibility index (Phi) is 4.78. The molecule has 0 amide bonds. The molecule has 1 saturated heterocycles. The number of benzene rings is 2. The van der Waals surface area contributed by atoms with Crippen molar-refractivity contribution in [3.8, 4) is 5.75 Å². The molecule has 2 aromatic rings. The number of nitro groups is 1. The molecule has 1 aliphatic heterocycles. The molecule has 6 heteroatoms. The lowest BCUT2D eigenvalue weighted by atomic mass is 9.86. The first-order valence-corrected chi connectivity index (χ1v) is 8.44. The molecule has 0 radical (unpaired) electrons. The van der Waals surface area contributed by atoms with Crippen LogP contribution in [-0.2, 0) is 10.2 Å². The third kappa shape index (κ3) is 4.08. The van der Waals surface area contributed by atoms with E-state index < -0.39 is 4.92 Å². The largest absolute Gasteiger partial charge is 0.490 e. The Labute approximate surface area is 151 Å². The zero-order valence-electron chi connectivity index (χ0n) is 15.0. The number of ketones is 1. The monoisotopic (exact) mass is 355 g/mol. The van der Waals surface area contributed by atoms with Crippen molar-refractivity contribution in [3.63, 3.8) is 0 Å². The van der Waals surface area contributed by atoms with Gasteiger partial charge < -0.3 is 9.47 Å². The van der Waals surface area contributed by atoms with Crippen LogP contribution in [0.25, 0.3) is 0 Å². The van der Waals surface area contributed by atoms with Crippen LogP contribution in [0.3, 0.4) is 0 Å². The Hall–Kier alpha value is -2.73. The van der Waals surface area contributed by atoms with Crippen LogP contribution >= 0.6 is 0 Å². The van der Waals surface area contributed by atoms with Gasteiger partial charge in [0.2, 0.25) is 0 Å². The molecule has 1 fully saturated rings. The molecule has 1 atom stereocenters. The van der Waals surface area contributed by atoms with Crippen molar-refractivity contribution >= 4 is 11.5 Å². The number of carbonyl (C=O) groups excluding carboxylic acids is 1. The molecule has 26 heavy (non-hydrogen) atoms. The van der Waals surface area contributed by atoms with Gasteiger partial charge in [-0.05, 0) is 17.0 Å². The van der Waals surface area contributed by atoms with Gasteiger partial charge in [-0.25, -0.2) is 0 Å². The Morgan fingerprint density at radius 1 is 1.23 bits per heavy atom.